The standard InChI is InChI=1S/C19H21NO4S/c1-14(20-19(22)23-13-15-7-5-4-6-8-15)18(21)24-16-9-11-17(12-10-16)25(2)3/h4-12,14H,13H2,1-3H3/p+1/t14-/m0/s1. The zero-order valence-corrected chi connectivity index (χ0v) is 15.3. The van der Waals surface area contributed by atoms with Gasteiger partial charge in [0.2, 0.25) is 0 Å². The fourth-order valence-electron chi connectivity index (χ4n) is 1.98. The molecule has 0 bridgehead atoms. The molecule has 0 radical (unpaired) electrons. The van der Waals surface area contributed by atoms with Crippen molar-refractivity contribution in [2.45, 2.75) is 24.5 Å². The van der Waals surface area contributed by atoms with Crippen molar-refractivity contribution in [1.29, 1.82) is 0 Å². The van der Waals surface area contributed by atoms with E-state index in [1.54, 1.807) is 19.1 Å². The normalized spacial score (nSPS) is 11.7. The predicted octanol–water partition coefficient (Wildman–Crippen LogP) is 3.14. The Labute approximate surface area is 150 Å². The molecule has 0 heterocycles. The van der Waals surface area contributed by atoms with Crippen LogP contribution in [0.3, 0.4) is 0 Å². The minimum absolute atomic E-state index is 0.145. The Hall–Kier alpha value is -2.47. The fraction of sp³-hybridized carbons (Fsp3) is 0.263. The molecule has 5 nitrogen and oxygen atoms in total. The smallest absolute Gasteiger partial charge is 0.408 e. The van der Waals surface area contributed by atoms with Gasteiger partial charge in [0.1, 0.15) is 30.9 Å². The largest absolute Gasteiger partial charge is 0.445 e. The van der Waals surface area contributed by atoms with Crippen molar-refractivity contribution in [3.8, 4) is 5.75 Å². The van der Waals surface area contributed by atoms with E-state index in [0.29, 0.717) is 5.75 Å². The molecule has 0 saturated heterocycles. The van der Waals surface area contributed by atoms with Crippen molar-refractivity contribution in [2.75, 3.05) is 12.5 Å². The number of carbonyl (C=O) groups excluding carboxylic acids is 2. The number of amides is 1. The first kappa shape index (κ1) is 18.9. The van der Waals surface area contributed by atoms with Crippen molar-refractivity contribution >= 4 is 23.0 Å². The van der Waals surface area contributed by atoms with Gasteiger partial charge in [-0.05, 0) is 36.8 Å². The van der Waals surface area contributed by atoms with Crippen LogP contribution in [0.4, 0.5) is 4.79 Å². The van der Waals surface area contributed by atoms with Gasteiger partial charge in [0.05, 0.1) is 0 Å². The number of carbonyl (C=O) groups is 2. The average Bonchev–Trinajstić information content (AvgIpc) is 2.61. The van der Waals surface area contributed by atoms with Gasteiger partial charge in [-0.2, -0.15) is 0 Å². The first-order valence-corrected chi connectivity index (χ1v) is 9.86. The first-order valence-electron chi connectivity index (χ1n) is 7.82. The van der Waals surface area contributed by atoms with E-state index in [1.807, 2.05) is 42.5 Å². The second-order valence-corrected chi connectivity index (χ2v) is 7.74. The van der Waals surface area contributed by atoms with Gasteiger partial charge in [-0.15, -0.1) is 0 Å². The van der Waals surface area contributed by atoms with Gasteiger partial charge in [-0.1, -0.05) is 30.3 Å². The Bertz CT molecular complexity index is 701. The number of nitrogens with one attached hydrogen (secondary N) is 1. The summed E-state index contributed by atoms with van der Waals surface area (Å²) < 4.78 is 10.4. The minimum atomic E-state index is -0.810. The highest BCUT2D eigenvalue weighted by Crippen LogP contribution is 2.16. The van der Waals surface area contributed by atoms with E-state index in [4.69, 9.17) is 9.47 Å². The van der Waals surface area contributed by atoms with Crippen molar-refractivity contribution in [2.24, 2.45) is 0 Å². The summed E-state index contributed by atoms with van der Waals surface area (Å²) in [5.41, 5.74) is 0.874. The number of esters is 1. The summed E-state index contributed by atoms with van der Waals surface area (Å²) in [5.74, 6) is -0.0955. The molecule has 1 N–H and O–H groups in total. The molecule has 0 spiro atoms. The van der Waals surface area contributed by atoms with E-state index in [0.717, 1.165) is 5.56 Å². The SMILES string of the molecule is C[C@H](NC(=O)OCc1ccccc1)C(=O)Oc1ccc([S+](C)C)cc1. The summed E-state index contributed by atoms with van der Waals surface area (Å²) in [7, 11) is 0.151. The molecular weight excluding hydrogens is 338 g/mol. The fourth-order valence-corrected chi connectivity index (χ4v) is 2.67. The highest BCUT2D eigenvalue weighted by molar-refractivity contribution is 7.95. The number of benzene rings is 2. The lowest BCUT2D eigenvalue weighted by atomic mass is 10.2. The van der Waals surface area contributed by atoms with E-state index in [2.05, 4.69) is 17.8 Å². The van der Waals surface area contributed by atoms with Crippen molar-refractivity contribution in [3.63, 3.8) is 0 Å². The number of rotatable bonds is 6. The van der Waals surface area contributed by atoms with Crippen molar-refractivity contribution in [3.05, 3.63) is 60.2 Å². The molecule has 2 aromatic carbocycles. The van der Waals surface area contributed by atoms with Crippen LogP contribution in [0.2, 0.25) is 0 Å². The highest BCUT2D eigenvalue weighted by atomic mass is 32.2. The molecule has 1 amide bonds. The van der Waals surface area contributed by atoms with Gasteiger partial charge in [-0.25, -0.2) is 9.59 Å². The number of hydrogen-bond acceptors (Lipinski definition) is 4. The first-order chi connectivity index (χ1) is 12.0. The highest BCUT2D eigenvalue weighted by Gasteiger charge is 2.19. The molecule has 25 heavy (non-hydrogen) atoms. The summed E-state index contributed by atoms with van der Waals surface area (Å²) in [5, 5.41) is 2.47. The van der Waals surface area contributed by atoms with E-state index in [9.17, 15) is 9.59 Å². The van der Waals surface area contributed by atoms with Gasteiger partial charge in [0.15, 0.2) is 4.90 Å². The maximum Gasteiger partial charge on any atom is 0.408 e. The molecule has 0 unspecified atom stereocenters. The second kappa shape index (κ2) is 9.13. The molecule has 2 aromatic rings. The lowest BCUT2D eigenvalue weighted by molar-refractivity contribution is -0.136. The van der Waals surface area contributed by atoms with Crippen LogP contribution in [-0.2, 0) is 27.0 Å². The summed E-state index contributed by atoms with van der Waals surface area (Å²) in [6.07, 6.45) is 3.58. The quantitative estimate of drug-likeness (QED) is 0.488. The number of hydrogen-bond donors (Lipinski definition) is 1. The van der Waals surface area contributed by atoms with Crippen LogP contribution in [0.1, 0.15) is 12.5 Å². The van der Waals surface area contributed by atoms with Gasteiger partial charge < -0.3 is 14.8 Å². The van der Waals surface area contributed by atoms with Gasteiger partial charge in [0, 0.05) is 10.9 Å². The molecule has 2 rings (SSSR count). The summed E-state index contributed by atoms with van der Waals surface area (Å²) in [4.78, 5) is 25.0. The Morgan fingerprint density at radius 2 is 1.68 bits per heavy atom. The third-order valence-corrected chi connectivity index (χ3v) is 4.63. The molecule has 0 aliphatic heterocycles. The molecule has 0 fully saturated rings. The van der Waals surface area contributed by atoms with Crippen LogP contribution in [0, 0.1) is 0 Å². The maximum atomic E-state index is 12.1. The Balaban J connectivity index is 1.80. The zero-order valence-electron chi connectivity index (χ0n) is 14.5. The van der Waals surface area contributed by atoms with Crippen LogP contribution in [-0.4, -0.2) is 30.6 Å². The van der Waals surface area contributed by atoms with Crippen LogP contribution in [0.15, 0.2) is 59.5 Å². The van der Waals surface area contributed by atoms with Gasteiger partial charge in [0.25, 0.3) is 0 Å². The Morgan fingerprint density at radius 3 is 2.28 bits per heavy atom. The summed E-state index contributed by atoms with van der Waals surface area (Å²) in [6, 6.07) is 15.9. The minimum Gasteiger partial charge on any atom is -0.445 e. The van der Waals surface area contributed by atoms with Gasteiger partial charge in [-0.3, -0.25) is 0 Å². The third kappa shape index (κ3) is 6.15. The molecule has 0 aliphatic rings. The molecular formula is C19H22NO4S+. The van der Waals surface area contributed by atoms with Gasteiger partial charge >= 0.3 is 12.1 Å². The molecule has 0 aliphatic carbocycles. The average molecular weight is 360 g/mol. The number of alkyl carbamates (subject to hydrolysis) is 1. The van der Waals surface area contributed by atoms with Crippen LogP contribution < -0.4 is 10.1 Å². The Morgan fingerprint density at radius 1 is 1.04 bits per heavy atom. The van der Waals surface area contributed by atoms with Crippen LogP contribution in [0.5, 0.6) is 5.75 Å². The maximum absolute atomic E-state index is 12.1. The summed E-state index contributed by atoms with van der Waals surface area (Å²) in [6.45, 7) is 1.70. The topological polar surface area (TPSA) is 64.6 Å². The lowest BCUT2D eigenvalue weighted by Crippen LogP contribution is -2.41. The zero-order chi connectivity index (χ0) is 18.2. The predicted molar refractivity (Wildman–Crippen MR) is 98.8 cm³/mol. The molecule has 6 heteroatoms. The third-order valence-electron chi connectivity index (χ3n) is 3.41. The lowest BCUT2D eigenvalue weighted by Gasteiger charge is -2.13. The summed E-state index contributed by atoms with van der Waals surface area (Å²) >= 11 is 0. The monoisotopic (exact) mass is 360 g/mol. The van der Waals surface area contributed by atoms with E-state index < -0.39 is 18.1 Å². The van der Waals surface area contributed by atoms with Crippen molar-refractivity contribution < 1.29 is 19.1 Å². The Kier molecular flexibility index (Phi) is 6.89. The molecule has 132 valence electrons. The van der Waals surface area contributed by atoms with E-state index in [-0.39, 0.29) is 17.5 Å². The van der Waals surface area contributed by atoms with Crippen LogP contribution in [0.25, 0.3) is 0 Å². The molecule has 0 aromatic heterocycles. The van der Waals surface area contributed by atoms with E-state index in [1.165, 1.54) is 4.90 Å². The van der Waals surface area contributed by atoms with E-state index >= 15 is 0 Å². The number of ether oxygens (including phenoxy) is 2. The molecule has 0 saturated carbocycles. The van der Waals surface area contributed by atoms with Crippen LogP contribution >= 0.6 is 0 Å². The van der Waals surface area contributed by atoms with Crippen molar-refractivity contribution in [1.82, 2.24) is 5.32 Å². The molecule has 1 atom stereocenters. The second-order valence-electron chi connectivity index (χ2n) is 5.64.